The third-order valence-electron chi connectivity index (χ3n) is 3.91. The number of halogens is 1. The van der Waals surface area contributed by atoms with Crippen LogP contribution in [0.25, 0.3) is 21.8 Å². The largest absolute Gasteiger partial charge is 0.336 e. The number of hydrogen-bond acceptors (Lipinski definition) is 0. The third kappa shape index (κ3) is 2.10. The molecule has 0 atom stereocenters. The van der Waals surface area contributed by atoms with Crippen molar-refractivity contribution >= 4 is 33.4 Å². The Morgan fingerprint density at radius 2 is 1.33 bits per heavy atom. The minimum atomic E-state index is 0.785. The van der Waals surface area contributed by atoms with Crippen LogP contribution in [0.2, 0.25) is 5.02 Å². The molecule has 0 spiro atoms. The maximum absolute atomic E-state index is 6.11. The Kier molecular flexibility index (Phi) is 2.94. The van der Waals surface area contributed by atoms with E-state index in [4.69, 9.17) is 11.6 Å². The Balaban J connectivity index is 1.97. The van der Waals surface area contributed by atoms with Gasteiger partial charge in [0.2, 0.25) is 0 Å². The van der Waals surface area contributed by atoms with E-state index >= 15 is 0 Å². The standard InChI is InChI=1S/C19H14ClN/c20-15-7-5-6-14(12-15)13-21-18-10-3-1-8-16(18)17-9-2-4-11-19(17)21/h1-12H,13H2. The maximum atomic E-state index is 6.11. The van der Waals surface area contributed by atoms with Crippen molar-refractivity contribution in [1.82, 2.24) is 4.57 Å². The Labute approximate surface area is 128 Å². The van der Waals surface area contributed by atoms with Crippen LogP contribution in [0.1, 0.15) is 5.56 Å². The van der Waals surface area contributed by atoms with Crippen molar-refractivity contribution in [2.75, 3.05) is 0 Å². The molecule has 0 radical (unpaired) electrons. The molecule has 4 rings (SSSR count). The fourth-order valence-electron chi connectivity index (χ4n) is 2.99. The molecule has 1 nitrogen and oxygen atoms in total. The van der Waals surface area contributed by atoms with Gasteiger partial charge >= 0.3 is 0 Å². The average Bonchev–Trinajstić information content (AvgIpc) is 2.83. The van der Waals surface area contributed by atoms with Crippen LogP contribution in [0.4, 0.5) is 0 Å². The summed E-state index contributed by atoms with van der Waals surface area (Å²) in [4.78, 5) is 0. The van der Waals surface area contributed by atoms with Crippen molar-refractivity contribution in [2.24, 2.45) is 0 Å². The fraction of sp³-hybridized carbons (Fsp3) is 0.0526. The van der Waals surface area contributed by atoms with Gasteiger partial charge in [0.25, 0.3) is 0 Å². The zero-order chi connectivity index (χ0) is 14.2. The fourth-order valence-corrected chi connectivity index (χ4v) is 3.20. The molecule has 0 aliphatic rings. The Morgan fingerprint density at radius 1 is 0.714 bits per heavy atom. The van der Waals surface area contributed by atoms with E-state index in [0.717, 1.165) is 11.6 Å². The minimum absolute atomic E-state index is 0.785. The number of aromatic nitrogens is 1. The molecule has 0 fully saturated rings. The molecule has 0 bridgehead atoms. The number of rotatable bonds is 2. The molecule has 0 saturated heterocycles. The first-order valence-corrected chi connectivity index (χ1v) is 7.41. The molecule has 1 aromatic heterocycles. The van der Waals surface area contributed by atoms with E-state index < -0.39 is 0 Å². The summed E-state index contributed by atoms with van der Waals surface area (Å²) in [5, 5.41) is 3.39. The number of nitrogens with zero attached hydrogens (tertiary/aromatic N) is 1. The lowest BCUT2D eigenvalue weighted by Gasteiger charge is -2.08. The number of fused-ring (bicyclic) bond motifs is 3. The van der Waals surface area contributed by atoms with Crippen LogP contribution in [0.5, 0.6) is 0 Å². The van der Waals surface area contributed by atoms with Gasteiger partial charge in [-0.3, -0.25) is 0 Å². The summed E-state index contributed by atoms with van der Waals surface area (Å²) >= 11 is 6.11. The molecular weight excluding hydrogens is 278 g/mol. The quantitative estimate of drug-likeness (QED) is 0.460. The van der Waals surface area contributed by atoms with Crippen molar-refractivity contribution in [3.63, 3.8) is 0 Å². The second-order valence-corrected chi connectivity index (χ2v) is 5.69. The molecule has 0 aliphatic carbocycles. The van der Waals surface area contributed by atoms with Gasteiger partial charge in [-0.25, -0.2) is 0 Å². The second kappa shape index (κ2) is 4.94. The topological polar surface area (TPSA) is 4.93 Å². The molecule has 4 aromatic rings. The molecule has 3 aromatic carbocycles. The highest BCUT2D eigenvalue weighted by Crippen LogP contribution is 2.29. The third-order valence-corrected chi connectivity index (χ3v) is 4.14. The van der Waals surface area contributed by atoms with Gasteiger partial charge in [0.15, 0.2) is 0 Å². The van der Waals surface area contributed by atoms with Crippen molar-refractivity contribution in [2.45, 2.75) is 6.54 Å². The monoisotopic (exact) mass is 291 g/mol. The average molecular weight is 292 g/mol. The van der Waals surface area contributed by atoms with Crippen molar-refractivity contribution < 1.29 is 0 Å². The molecule has 21 heavy (non-hydrogen) atoms. The molecule has 0 unspecified atom stereocenters. The molecule has 1 heterocycles. The summed E-state index contributed by atoms with van der Waals surface area (Å²) in [6, 6.07) is 25.2. The van der Waals surface area contributed by atoms with Gasteiger partial charge in [0.1, 0.15) is 0 Å². The van der Waals surface area contributed by atoms with E-state index in [1.54, 1.807) is 0 Å². The molecule has 0 saturated carbocycles. The van der Waals surface area contributed by atoms with Crippen LogP contribution in [0, 0.1) is 0 Å². The highest BCUT2D eigenvalue weighted by molar-refractivity contribution is 6.30. The first-order valence-electron chi connectivity index (χ1n) is 7.03. The summed E-state index contributed by atoms with van der Waals surface area (Å²) in [6.45, 7) is 0.828. The lowest BCUT2D eigenvalue weighted by molar-refractivity contribution is 0.869. The van der Waals surface area contributed by atoms with Crippen molar-refractivity contribution in [1.29, 1.82) is 0 Å². The number of para-hydroxylation sites is 2. The van der Waals surface area contributed by atoms with E-state index in [1.807, 2.05) is 18.2 Å². The SMILES string of the molecule is Clc1cccc(Cn2c3ccccc3c3ccccc32)c1. The Bertz CT molecular complexity index is 883. The normalized spacial score (nSPS) is 11.3. The molecule has 0 N–H and O–H groups in total. The van der Waals surface area contributed by atoms with Gasteiger partial charge in [-0.2, -0.15) is 0 Å². The highest BCUT2D eigenvalue weighted by atomic mass is 35.5. The Hall–Kier alpha value is -2.25. The van der Waals surface area contributed by atoms with E-state index in [9.17, 15) is 0 Å². The summed E-state index contributed by atoms with van der Waals surface area (Å²) in [5.41, 5.74) is 3.74. The predicted molar refractivity (Wildman–Crippen MR) is 90.0 cm³/mol. The van der Waals surface area contributed by atoms with E-state index in [-0.39, 0.29) is 0 Å². The molecule has 2 heteroatoms. The van der Waals surface area contributed by atoms with Gasteiger partial charge < -0.3 is 4.57 Å². The summed E-state index contributed by atoms with van der Waals surface area (Å²) in [6.07, 6.45) is 0. The van der Waals surface area contributed by atoms with Crippen LogP contribution in [-0.4, -0.2) is 4.57 Å². The minimum Gasteiger partial charge on any atom is -0.336 e. The van der Waals surface area contributed by atoms with E-state index in [2.05, 4.69) is 59.2 Å². The zero-order valence-electron chi connectivity index (χ0n) is 11.5. The van der Waals surface area contributed by atoms with Crippen molar-refractivity contribution in [3.8, 4) is 0 Å². The highest BCUT2D eigenvalue weighted by Gasteiger charge is 2.09. The number of hydrogen-bond donors (Lipinski definition) is 0. The smallest absolute Gasteiger partial charge is 0.0494 e. The molecule has 0 amide bonds. The van der Waals surface area contributed by atoms with Gasteiger partial charge in [-0.05, 0) is 29.8 Å². The van der Waals surface area contributed by atoms with E-state index in [1.165, 1.54) is 27.4 Å². The van der Waals surface area contributed by atoms with Gasteiger partial charge in [-0.15, -0.1) is 0 Å². The van der Waals surface area contributed by atoms with Crippen LogP contribution < -0.4 is 0 Å². The zero-order valence-corrected chi connectivity index (χ0v) is 12.2. The van der Waals surface area contributed by atoms with Gasteiger partial charge in [0.05, 0.1) is 0 Å². The first-order chi connectivity index (χ1) is 10.3. The van der Waals surface area contributed by atoms with Gasteiger partial charge in [-0.1, -0.05) is 60.1 Å². The molecular formula is C19H14ClN. The molecule has 0 aliphatic heterocycles. The summed E-state index contributed by atoms with van der Waals surface area (Å²) < 4.78 is 2.36. The van der Waals surface area contributed by atoms with Crippen molar-refractivity contribution in [3.05, 3.63) is 83.4 Å². The lowest BCUT2D eigenvalue weighted by atomic mass is 10.2. The van der Waals surface area contributed by atoms with Crippen LogP contribution in [0.3, 0.4) is 0 Å². The predicted octanol–water partition coefficient (Wildman–Crippen LogP) is 5.50. The first kappa shape index (κ1) is 12.5. The number of benzene rings is 3. The second-order valence-electron chi connectivity index (χ2n) is 5.25. The van der Waals surface area contributed by atoms with Crippen LogP contribution in [-0.2, 0) is 6.54 Å². The Morgan fingerprint density at radius 3 is 1.95 bits per heavy atom. The maximum Gasteiger partial charge on any atom is 0.0494 e. The van der Waals surface area contributed by atoms with Crippen LogP contribution >= 0.6 is 11.6 Å². The summed E-state index contributed by atoms with van der Waals surface area (Å²) in [7, 11) is 0. The lowest BCUT2D eigenvalue weighted by Crippen LogP contribution is -1.99. The van der Waals surface area contributed by atoms with E-state index in [0.29, 0.717) is 0 Å². The van der Waals surface area contributed by atoms with Crippen LogP contribution in [0.15, 0.2) is 72.8 Å². The summed E-state index contributed by atoms with van der Waals surface area (Å²) in [5.74, 6) is 0. The van der Waals surface area contributed by atoms with Gasteiger partial charge in [0, 0.05) is 33.4 Å². The molecule has 102 valence electrons.